The summed E-state index contributed by atoms with van der Waals surface area (Å²) < 4.78 is 0. The quantitative estimate of drug-likeness (QED) is 0.763. The van der Waals surface area contributed by atoms with E-state index in [4.69, 9.17) is 18.0 Å². The van der Waals surface area contributed by atoms with Gasteiger partial charge in [-0.05, 0) is 51.2 Å². The fourth-order valence-electron chi connectivity index (χ4n) is 2.91. The SMILES string of the molecule is CN1CCC(C)(CNC(=O)C2(C(N)=S)CCC2)CC1. The number of likely N-dealkylation sites (tertiary alicyclic amines) is 1. The van der Waals surface area contributed by atoms with Crippen molar-refractivity contribution in [3.05, 3.63) is 0 Å². The number of hydrogen-bond donors (Lipinski definition) is 2. The summed E-state index contributed by atoms with van der Waals surface area (Å²) in [6, 6.07) is 0. The van der Waals surface area contributed by atoms with Gasteiger partial charge in [0, 0.05) is 6.54 Å². The highest BCUT2D eigenvalue weighted by molar-refractivity contribution is 7.80. The van der Waals surface area contributed by atoms with E-state index in [1.807, 2.05) is 0 Å². The number of rotatable bonds is 4. The van der Waals surface area contributed by atoms with Crippen LogP contribution in [0.25, 0.3) is 0 Å². The van der Waals surface area contributed by atoms with Gasteiger partial charge in [0.15, 0.2) is 0 Å². The lowest BCUT2D eigenvalue weighted by Crippen LogP contribution is -2.55. The summed E-state index contributed by atoms with van der Waals surface area (Å²) in [7, 11) is 2.15. The Balaban J connectivity index is 1.88. The number of nitrogens with zero attached hydrogens (tertiary/aromatic N) is 1. The van der Waals surface area contributed by atoms with Crippen LogP contribution in [0.2, 0.25) is 0 Å². The molecule has 1 saturated heterocycles. The van der Waals surface area contributed by atoms with Gasteiger partial charge >= 0.3 is 0 Å². The second-order valence-corrected chi connectivity index (χ2v) is 7.04. The average molecular weight is 283 g/mol. The van der Waals surface area contributed by atoms with Crippen molar-refractivity contribution >= 4 is 23.1 Å². The van der Waals surface area contributed by atoms with Gasteiger partial charge in [0.05, 0.1) is 10.4 Å². The Morgan fingerprint density at radius 3 is 2.32 bits per heavy atom. The first-order chi connectivity index (χ1) is 8.88. The van der Waals surface area contributed by atoms with Crippen LogP contribution in [0.3, 0.4) is 0 Å². The third-order valence-corrected chi connectivity index (χ3v) is 5.37. The van der Waals surface area contributed by atoms with Crippen molar-refractivity contribution in [3.63, 3.8) is 0 Å². The fraction of sp³-hybridized carbons (Fsp3) is 0.857. The maximum atomic E-state index is 12.3. The van der Waals surface area contributed by atoms with Crippen molar-refractivity contribution < 1.29 is 4.79 Å². The Kier molecular flexibility index (Phi) is 4.16. The average Bonchev–Trinajstić information content (AvgIpc) is 2.29. The first-order valence-electron chi connectivity index (χ1n) is 7.15. The number of piperidine rings is 1. The highest BCUT2D eigenvalue weighted by atomic mass is 32.1. The Hall–Kier alpha value is -0.680. The van der Waals surface area contributed by atoms with Crippen LogP contribution in [0, 0.1) is 10.8 Å². The zero-order chi connectivity index (χ0) is 14.1. The standard InChI is InChI=1S/C14H25N3OS/c1-13(6-8-17(2)9-7-13)10-16-12(18)14(11(15)19)4-3-5-14/h3-10H2,1-2H3,(H2,15,19)(H,16,18). The van der Waals surface area contributed by atoms with Crippen molar-refractivity contribution in [1.29, 1.82) is 0 Å². The molecule has 1 amide bonds. The number of thiocarbonyl (C=S) groups is 1. The van der Waals surface area contributed by atoms with Crippen LogP contribution in [0.1, 0.15) is 39.0 Å². The van der Waals surface area contributed by atoms with Gasteiger partial charge in [0.25, 0.3) is 0 Å². The number of carbonyl (C=O) groups excluding carboxylic acids is 1. The highest BCUT2D eigenvalue weighted by Crippen LogP contribution is 2.41. The minimum atomic E-state index is -0.544. The van der Waals surface area contributed by atoms with Crippen molar-refractivity contribution in [2.75, 3.05) is 26.7 Å². The van der Waals surface area contributed by atoms with Crippen LogP contribution < -0.4 is 11.1 Å². The molecule has 0 aromatic carbocycles. The molecule has 1 aliphatic heterocycles. The van der Waals surface area contributed by atoms with E-state index in [2.05, 4.69) is 24.2 Å². The van der Waals surface area contributed by atoms with Crippen LogP contribution in [0.5, 0.6) is 0 Å². The Labute approximate surface area is 121 Å². The molecule has 0 aromatic heterocycles. The second-order valence-electron chi connectivity index (χ2n) is 6.60. The van der Waals surface area contributed by atoms with Gasteiger partial charge in [-0.1, -0.05) is 25.6 Å². The number of nitrogens with one attached hydrogen (secondary N) is 1. The van der Waals surface area contributed by atoms with E-state index in [0.717, 1.165) is 51.7 Å². The number of nitrogens with two attached hydrogens (primary N) is 1. The van der Waals surface area contributed by atoms with Gasteiger partial charge < -0.3 is 16.0 Å². The van der Waals surface area contributed by atoms with Gasteiger partial charge in [-0.2, -0.15) is 0 Å². The monoisotopic (exact) mass is 283 g/mol. The number of amides is 1. The first kappa shape index (κ1) is 14.7. The molecular formula is C14H25N3OS. The lowest BCUT2D eigenvalue weighted by Gasteiger charge is -2.42. The summed E-state index contributed by atoms with van der Waals surface area (Å²) >= 11 is 5.08. The third-order valence-electron chi connectivity index (χ3n) is 4.98. The lowest BCUT2D eigenvalue weighted by molar-refractivity contribution is -0.131. The Morgan fingerprint density at radius 2 is 1.89 bits per heavy atom. The van der Waals surface area contributed by atoms with Gasteiger partial charge in [-0.15, -0.1) is 0 Å². The molecule has 0 aromatic rings. The van der Waals surface area contributed by atoms with Crippen molar-refractivity contribution in [3.8, 4) is 0 Å². The van der Waals surface area contributed by atoms with Gasteiger partial charge in [-0.3, -0.25) is 4.79 Å². The smallest absolute Gasteiger partial charge is 0.233 e. The maximum Gasteiger partial charge on any atom is 0.233 e. The van der Waals surface area contributed by atoms with Crippen LogP contribution >= 0.6 is 12.2 Å². The summed E-state index contributed by atoms with van der Waals surface area (Å²) in [5.41, 5.74) is 5.42. The van der Waals surface area contributed by atoms with E-state index in [1.165, 1.54) is 0 Å². The first-order valence-corrected chi connectivity index (χ1v) is 7.56. The zero-order valence-electron chi connectivity index (χ0n) is 12.0. The summed E-state index contributed by atoms with van der Waals surface area (Å²) in [4.78, 5) is 15.1. The largest absolute Gasteiger partial charge is 0.392 e. The summed E-state index contributed by atoms with van der Waals surface area (Å²) in [6.07, 6.45) is 4.93. The molecule has 1 aliphatic carbocycles. The fourth-order valence-corrected chi connectivity index (χ4v) is 3.21. The summed E-state index contributed by atoms with van der Waals surface area (Å²) in [5.74, 6) is 0.0476. The third kappa shape index (κ3) is 2.92. The number of hydrogen-bond acceptors (Lipinski definition) is 3. The van der Waals surface area contributed by atoms with Crippen molar-refractivity contribution in [2.24, 2.45) is 16.6 Å². The minimum Gasteiger partial charge on any atom is -0.392 e. The van der Waals surface area contributed by atoms with Crippen LogP contribution in [0.4, 0.5) is 0 Å². The molecule has 19 heavy (non-hydrogen) atoms. The normalized spacial score (nSPS) is 25.4. The van der Waals surface area contributed by atoms with E-state index in [9.17, 15) is 4.79 Å². The maximum absolute atomic E-state index is 12.3. The Bertz CT molecular complexity index is 371. The number of carbonyl (C=O) groups is 1. The van der Waals surface area contributed by atoms with Gasteiger partial charge in [0.1, 0.15) is 0 Å². The summed E-state index contributed by atoms with van der Waals surface area (Å²) in [6.45, 7) is 5.21. The Morgan fingerprint density at radius 1 is 1.32 bits per heavy atom. The molecule has 0 radical (unpaired) electrons. The van der Waals surface area contributed by atoms with Crippen molar-refractivity contribution in [1.82, 2.24) is 10.2 Å². The lowest BCUT2D eigenvalue weighted by atomic mass is 9.67. The molecule has 0 spiro atoms. The molecule has 0 atom stereocenters. The van der Waals surface area contributed by atoms with E-state index >= 15 is 0 Å². The molecule has 0 unspecified atom stereocenters. The molecule has 0 bridgehead atoms. The van der Waals surface area contributed by atoms with E-state index in [0.29, 0.717) is 4.99 Å². The zero-order valence-corrected chi connectivity index (χ0v) is 12.8. The molecule has 2 rings (SSSR count). The molecule has 2 aliphatic rings. The van der Waals surface area contributed by atoms with E-state index in [-0.39, 0.29) is 11.3 Å². The molecule has 2 fully saturated rings. The van der Waals surface area contributed by atoms with Crippen molar-refractivity contribution in [2.45, 2.75) is 39.0 Å². The molecule has 3 N–H and O–H groups in total. The molecule has 4 nitrogen and oxygen atoms in total. The molecule has 108 valence electrons. The predicted molar refractivity (Wildman–Crippen MR) is 80.9 cm³/mol. The van der Waals surface area contributed by atoms with E-state index in [1.54, 1.807) is 0 Å². The highest BCUT2D eigenvalue weighted by Gasteiger charge is 2.47. The second kappa shape index (κ2) is 5.37. The minimum absolute atomic E-state index is 0.0476. The topological polar surface area (TPSA) is 58.4 Å². The molecule has 1 heterocycles. The molecule has 5 heteroatoms. The summed E-state index contributed by atoms with van der Waals surface area (Å²) in [5, 5.41) is 3.11. The van der Waals surface area contributed by atoms with Gasteiger partial charge in [-0.25, -0.2) is 0 Å². The van der Waals surface area contributed by atoms with Crippen LogP contribution in [0.15, 0.2) is 0 Å². The molecular weight excluding hydrogens is 258 g/mol. The van der Waals surface area contributed by atoms with E-state index < -0.39 is 5.41 Å². The van der Waals surface area contributed by atoms with Crippen LogP contribution in [-0.2, 0) is 4.79 Å². The molecule has 1 saturated carbocycles. The van der Waals surface area contributed by atoms with Gasteiger partial charge in [0.2, 0.25) is 5.91 Å². The van der Waals surface area contributed by atoms with Crippen LogP contribution in [-0.4, -0.2) is 42.5 Å². The predicted octanol–water partition coefficient (Wildman–Crippen LogP) is 1.29.